The van der Waals surface area contributed by atoms with E-state index in [9.17, 15) is 0 Å². The Morgan fingerprint density at radius 3 is 2.53 bits per heavy atom. The summed E-state index contributed by atoms with van der Waals surface area (Å²) < 4.78 is 5.13. The fourth-order valence-electron chi connectivity index (χ4n) is 1.86. The summed E-state index contributed by atoms with van der Waals surface area (Å²) in [6, 6.07) is 8.13. The fraction of sp³-hybridized carbons (Fsp3) is 0.333. The molecule has 0 aliphatic carbocycles. The number of allylic oxidation sites excluding steroid dienone is 1. The topological polar surface area (TPSA) is 12.5 Å². The Morgan fingerprint density at radius 1 is 1.18 bits per heavy atom. The van der Waals surface area contributed by atoms with Gasteiger partial charge in [0.25, 0.3) is 0 Å². The number of hydrogen-bond donors (Lipinski definition) is 0. The molecule has 0 radical (unpaired) electrons. The molecule has 0 saturated carbocycles. The Hall–Kier alpha value is -1.54. The molecule has 2 nitrogen and oxygen atoms in total. The quantitative estimate of drug-likeness (QED) is 0.790. The van der Waals surface area contributed by atoms with E-state index in [1.807, 2.05) is 12.1 Å². The van der Waals surface area contributed by atoms with Gasteiger partial charge in [0.1, 0.15) is 5.75 Å². The highest BCUT2D eigenvalue weighted by molar-refractivity contribution is 5.54. The molecule has 0 N–H and O–H groups in total. The molecule has 0 unspecified atom stereocenters. The molecule has 1 aliphatic heterocycles. The van der Waals surface area contributed by atoms with E-state index in [1.165, 1.54) is 11.1 Å². The van der Waals surface area contributed by atoms with Crippen LogP contribution in [0.25, 0.3) is 6.08 Å². The van der Waals surface area contributed by atoms with E-state index in [1.54, 1.807) is 7.11 Å². The van der Waals surface area contributed by atoms with Crippen molar-refractivity contribution in [2.24, 2.45) is 0 Å². The number of ether oxygens (including phenoxy) is 1. The monoisotopic (exact) mass is 229 g/mol. The normalized spacial score (nSPS) is 17.2. The van der Waals surface area contributed by atoms with Crippen LogP contribution < -0.4 is 4.74 Å². The molecule has 17 heavy (non-hydrogen) atoms. The number of nitrogens with zero attached hydrogens (tertiary/aromatic N) is 1. The molecule has 0 aromatic heterocycles. The first-order valence-electron chi connectivity index (χ1n) is 5.97. The lowest BCUT2D eigenvalue weighted by atomic mass is 10.1. The lowest BCUT2D eigenvalue weighted by Gasteiger charge is -2.20. The summed E-state index contributed by atoms with van der Waals surface area (Å²) in [5.74, 6) is 0.903. The smallest absolute Gasteiger partial charge is 0.118 e. The Balaban J connectivity index is 2.00. The molecule has 1 aliphatic rings. The van der Waals surface area contributed by atoms with Crippen LogP contribution in [0.5, 0.6) is 5.75 Å². The molecule has 0 atom stereocenters. The van der Waals surface area contributed by atoms with Crippen molar-refractivity contribution in [3.63, 3.8) is 0 Å². The largest absolute Gasteiger partial charge is 0.497 e. The summed E-state index contributed by atoms with van der Waals surface area (Å²) in [4.78, 5) is 2.32. The number of benzene rings is 1. The molecule has 0 saturated heterocycles. The van der Waals surface area contributed by atoms with E-state index in [0.717, 1.165) is 25.3 Å². The predicted molar refractivity (Wildman–Crippen MR) is 72.2 cm³/mol. The highest BCUT2D eigenvalue weighted by Crippen LogP contribution is 2.15. The average molecular weight is 229 g/mol. The fourth-order valence-corrected chi connectivity index (χ4v) is 1.86. The van der Waals surface area contributed by atoms with Gasteiger partial charge in [0.05, 0.1) is 7.11 Å². The van der Waals surface area contributed by atoms with Gasteiger partial charge in [-0.05, 0) is 36.7 Å². The SMILES string of the molecule is COc1ccc(C=CC2=CCN(C)CC2)cc1. The van der Waals surface area contributed by atoms with Crippen LogP contribution in [0.2, 0.25) is 0 Å². The molecule has 1 aromatic rings. The lowest BCUT2D eigenvalue weighted by molar-refractivity contribution is 0.361. The molecular weight excluding hydrogens is 210 g/mol. The third kappa shape index (κ3) is 3.46. The van der Waals surface area contributed by atoms with Crippen molar-refractivity contribution in [2.75, 3.05) is 27.2 Å². The number of methoxy groups -OCH3 is 1. The molecule has 2 heteroatoms. The van der Waals surface area contributed by atoms with E-state index >= 15 is 0 Å². The van der Waals surface area contributed by atoms with Gasteiger partial charge in [0.15, 0.2) is 0 Å². The highest BCUT2D eigenvalue weighted by atomic mass is 16.5. The van der Waals surface area contributed by atoms with E-state index in [-0.39, 0.29) is 0 Å². The minimum absolute atomic E-state index is 0.903. The Bertz CT molecular complexity index is 417. The Morgan fingerprint density at radius 2 is 1.94 bits per heavy atom. The van der Waals surface area contributed by atoms with Crippen LogP contribution in [0.15, 0.2) is 42.0 Å². The average Bonchev–Trinajstić information content (AvgIpc) is 2.39. The molecular formula is C15H19NO. The zero-order valence-electron chi connectivity index (χ0n) is 10.5. The van der Waals surface area contributed by atoms with Gasteiger partial charge in [0, 0.05) is 13.1 Å². The van der Waals surface area contributed by atoms with Crippen molar-refractivity contribution in [3.8, 4) is 5.75 Å². The van der Waals surface area contributed by atoms with Crippen LogP contribution in [0.4, 0.5) is 0 Å². The first-order chi connectivity index (χ1) is 8.28. The summed E-state index contributed by atoms with van der Waals surface area (Å²) in [5.41, 5.74) is 2.64. The van der Waals surface area contributed by atoms with E-state index < -0.39 is 0 Å². The summed E-state index contributed by atoms with van der Waals surface area (Å²) in [7, 11) is 3.84. The van der Waals surface area contributed by atoms with Crippen LogP contribution in [0.1, 0.15) is 12.0 Å². The zero-order chi connectivity index (χ0) is 12.1. The summed E-state index contributed by atoms with van der Waals surface area (Å²) >= 11 is 0. The molecule has 0 spiro atoms. The van der Waals surface area contributed by atoms with Crippen molar-refractivity contribution >= 4 is 6.08 Å². The number of likely N-dealkylation sites (N-methyl/N-ethyl adjacent to an activating group) is 1. The molecule has 1 aromatic carbocycles. The maximum atomic E-state index is 5.13. The number of hydrogen-bond acceptors (Lipinski definition) is 2. The molecule has 1 heterocycles. The maximum absolute atomic E-state index is 5.13. The van der Waals surface area contributed by atoms with Crippen LogP contribution >= 0.6 is 0 Å². The van der Waals surface area contributed by atoms with E-state index in [2.05, 4.69) is 42.3 Å². The Kier molecular flexibility index (Phi) is 3.99. The zero-order valence-corrected chi connectivity index (χ0v) is 10.5. The van der Waals surface area contributed by atoms with Gasteiger partial charge in [-0.3, -0.25) is 0 Å². The maximum Gasteiger partial charge on any atom is 0.118 e. The van der Waals surface area contributed by atoms with Crippen LogP contribution in [0.3, 0.4) is 0 Å². The summed E-state index contributed by atoms with van der Waals surface area (Å²) in [5, 5.41) is 0. The van der Waals surface area contributed by atoms with Crippen molar-refractivity contribution in [3.05, 3.63) is 47.6 Å². The molecule has 0 bridgehead atoms. The van der Waals surface area contributed by atoms with Gasteiger partial charge in [0.2, 0.25) is 0 Å². The minimum atomic E-state index is 0.903. The van der Waals surface area contributed by atoms with Gasteiger partial charge in [-0.15, -0.1) is 0 Å². The molecule has 2 rings (SSSR count). The van der Waals surface area contributed by atoms with E-state index in [0.29, 0.717) is 0 Å². The predicted octanol–water partition coefficient (Wildman–Crippen LogP) is 2.97. The van der Waals surface area contributed by atoms with Crippen molar-refractivity contribution < 1.29 is 4.74 Å². The van der Waals surface area contributed by atoms with Crippen molar-refractivity contribution in [1.82, 2.24) is 4.90 Å². The molecule has 0 fully saturated rings. The van der Waals surface area contributed by atoms with Gasteiger partial charge in [-0.1, -0.05) is 30.4 Å². The molecule has 90 valence electrons. The van der Waals surface area contributed by atoms with Gasteiger partial charge in [-0.2, -0.15) is 0 Å². The summed E-state index contributed by atoms with van der Waals surface area (Å²) in [6.07, 6.45) is 7.82. The van der Waals surface area contributed by atoms with Crippen LogP contribution in [0, 0.1) is 0 Å². The van der Waals surface area contributed by atoms with Gasteiger partial charge < -0.3 is 9.64 Å². The first kappa shape index (κ1) is 11.9. The second kappa shape index (κ2) is 5.69. The summed E-state index contributed by atoms with van der Waals surface area (Å²) in [6.45, 7) is 2.21. The van der Waals surface area contributed by atoms with Crippen LogP contribution in [-0.4, -0.2) is 32.1 Å². The number of rotatable bonds is 3. The van der Waals surface area contributed by atoms with Crippen molar-refractivity contribution in [2.45, 2.75) is 6.42 Å². The third-order valence-electron chi connectivity index (χ3n) is 3.05. The van der Waals surface area contributed by atoms with E-state index in [4.69, 9.17) is 4.74 Å². The van der Waals surface area contributed by atoms with Gasteiger partial charge in [-0.25, -0.2) is 0 Å². The van der Waals surface area contributed by atoms with Crippen LogP contribution in [-0.2, 0) is 0 Å². The third-order valence-corrected chi connectivity index (χ3v) is 3.05. The second-order valence-electron chi connectivity index (χ2n) is 4.40. The van der Waals surface area contributed by atoms with Gasteiger partial charge >= 0.3 is 0 Å². The lowest BCUT2D eigenvalue weighted by Crippen LogP contribution is -2.23. The standard InChI is InChI=1S/C15H19NO/c1-16-11-9-14(10-12-16)4-3-13-5-7-15(17-2)8-6-13/h3-9H,10-12H2,1-2H3. The highest BCUT2D eigenvalue weighted by Gasteiger charge is 2.04. The Labute approximate surface area is 103 Å². The van der Waals surface area contributed by atoms with Crippen molar-refractivity contribution in [1.29, 1.82) is 0 Å². The second-order valence-corrected chi connectivity index (χ2v) is 4.40. The first-order valence-corrected chi connectivity index (χ1v) is 5.97. The molecule has 0 amide bonds. The minimum Gasteiger partial charge on any atom is -0.497 e.